The Hall–Kier alpha value is -3.67. The van der Waals surface area contributed by atoms with Crippen molar-refractivity contribution in [3.63, 3.8) is 0 Å². The Morgan fingerprint density at radius 1 is 0.969 bits per heavy atom. The van der Waals surface area contributed by atoms with E-state index in [9.17, 15) is 14.0 Å². The molecule has 5 nitrogen and oxygen atoms in total. The van der Waals surface area contributed by atoms with Crippen LogP contribution in [0.15, 0.2) is 78.9 Å². The SMILES string of the molecule is COc1ccc([C@@H]2CN(C(=O)c3ccccc3)C[C@@H]2C(=O)NCc2ccc(F)cc2)cc1. The smallest absolute Gasteiger partial charge is 0.253 e. The predicted octanol–water partition coefficient (Wildman–Crippen LogP) is 4.01. The molecular formula is C26H25FN2O3. The summed E-state index contributed by atoms with van der Waals surface area (Å²) in [5.41, 5.74) is 2.40. The zero-order valence-electron chi connectivity index (χ0n) is 17.8. The first kappa shape index (κ1) is 21.6. The van der Waals surface area contributed by atoms with E-state index in [2.05, 4.69) is 5.32 Å². The molecule has 1 fully saturated rings. The van der Waals surface area contributed by atoms with Crippen LogP contribution in [0, 0.1) is 11.7 Å². The van der Waals surface area contributed by atoms with Crippen LogP contribution in [-0.4, -0.2) is 36.9 Å². The summed E-state index contributed by atoms with van der Waals surface area (Å²) >= 11 is 0. The van der Waals surface area contributed by atoms with Crippen LogP contribution < -0.4 is 10.1 Å². The first-order valence-electron chi connectivity index (χ1n) is 10.6. The summed E-state index contributed by atoms with van der Waals surface area (Å²) in [6.45, 7) is 1.09. The highest BCUT2D eigenvalue weighted by Gasteiger charge is 2.40. The van der Waals surface area contributed by atoms with Crippen molar-refractivity contribution >= 4 is 11.8 Å². The molecule has 0 unspecified atom stereocenters. The first-order chi connectivity index (χ1) is 15.5. The first-order valence-corrected chi connectivity index (χ1v) is 10.6. The summed E-state index contributed by atoms with van der Waals surface area (Å²) in [6, 6.07) is 22.8. The van der Waals surface area contributed by atoms with Crippen LogP contribution in [0.4, 0.5) is 4.39 Å². The van der Waals surface area contributed by atoms with Crippen molar-refractivity contribution in [3.05, 3.63) is 101 Å². The third kappa shape index (κ3) is 4.80. The number of rotatable bonds is 6. The number of amides is 2. The zero-order chi connectivity index (χ0) is 22.5. The Balaban J connectivity index is 1.53. The van der Waals surface area contributed by atoms with Crippen molar-refractivity contribution in [3.8, 4) is 5.75 Å². The molecule has 32 heavy (non-hydrogen) atoms. The van der Waals surface area contributed by atoms with Crippen molar-refractivity contribution in [2.24, 2.45) is 5.92 Å². The van der Waals surface area contributed by atoms with Gasteiger partial charge in [0, 0.05) is 31.1 Å². The van der Waals surface area contributed by atoms with Gasteiger partial charge < -0.3 is 15.0 Å². The molecule has 0 aromatic heterocycles. The molecule has 3 aromatic carbocycles. The summed E-state index contributed by atoms with van der Waals surface area (Å²) in [5.74, 6) is -0.318. The number of hydrogen-bond acceptors (Lipinski definition) is 3. The van der Waals surface area contributed by atoms with E-state index in [4.69, 9.17) is 4.74 Å². The highest BCUT2D eigenvalue weighted by molar-refractivity contribution is 5.95. The fourth-order valence-electron chi connectivity index (χ4n) is 4.11. The van der Waals surface area contributed by atoms with Gasteiger partial charge >= 0.3 is 0 Å². The molecule has 6 heteroatoms. The number of methoxy groups -OCH3 is 1. The number of likely N-dealkylation sites (tertiary alicyclic amines) is 1. The minimum Gasteiger partial charge on any atom is -0.497 e. The fraction of sp³-hybridized carbons (Fsp3) is 0.231. The molecule has 0 aliphatic carbocycles. The second-order valence-corrected chi connectivity index (χ2v) is 7.91. The summed E-state index contributed by atoms with van der Waals surface area (Å²) < 4.78 is 18.4. The van der Waals surface area contributed by atoms with E-state index in [1.807, 2.05) is 42.5 Å². The lowest BCUT2D eigenvalue weighted by Crippen LogP contribution is -2.35. The van der Waals surface area contributed by atoms with E-state index in [0.29, 0.717) is 25.2 Å². The fourth-order valence-corrected chi connectivity index (χ4v) is 4.11. The molecule has 1 heterocycles. The predicted molar refractivity (Wildman–Crippen MR) is 120 cm³/mol. The van der Waals surface area contributed by atoms with Crippen LogP contribution >= 0.6 is 0 Å². The van der Waals surface area contributed by atoms with Crippen LogP contribution in [0.2, 0.25) is 0 Å². The number of carbonyl (C=O) groups is 2. The molecule has 3 aromatic rings. The van der Waals surface area contributed by atoms with Gasteiger partial charge in [0.15, 0.2) is 0 Å². The molecule has 0 bridgehead atoms. The Kier molecular flexibility index (Phi) is 6.50. The maximum atomic E-state index is 13.1. The Labute approximate surface area is 186 Å². The number of carbonyl (C=O) groups excluding carboxylic acids is 2. The van der Waals surface area contributed by atoms with Crippen molar-refractivity contribution in [1.82, 2.24) is 10.2 Å². The minimum absolute atomic E-state index is 0.0852. The lowest BCUT2D eigenvalue weighted by Gasteiger charge is -2.18. The normalized spacial score (nSPS) is 17.8. The quantitative estimate of drug-likeness (QED) is 0.640. The van der Waals surface area contributed by atoms with Crippen LogP contribution in [-0.2, 0) is 11.3 Å². The van der Waals surface area contributed by atoms with Crippen molar-refractivity contribution < 1.29 is 18.7 Å². The van der Waals surface area contributed by atoms with Gasteiger partial charge in [0.1, 0.15) is 11.6 Å². The maximum absolute atomic E-state index is 13.1. The van der Waals surface area contributed by atoms with Gasteiger partial charge in [-0.2, -0.15) is 0 Å². The maximum Gasteiger partial charge on any atom is 0.253 e. The van der Waals surface area contributed by atoms with Crippen molar-refractivity contribution in [1.29, 1.82) is 0 Å². The second kappa shape index (κ2) is 9.64. The molecule has 1 aliphatic rings. The molecule has 1 saturated heterocycles. The van der Waals surface area contributed by atoms with Crippen LogP contribution in [0.1, 0.15) is 27.4 Å². The number of ether oxygens (including phenoxy) is 1. The van der Waals surface area contributed by atoms with Crippen molar-refractivity contribution in [2.45, 2.75) is 12.5 Å². The Morgan fingerprint density at radius 2 is 1.66 bits per heavy atom. The topological polar surface area (TPSA) is 58.6 Å². The van der Waals surface area contributed by atoms with E-state index in [1.165, 1.54) is 12.1 Å². The molecule has 4 rings (SSSR count). The monoisotopic (exact) mass is 432 g/mol. The van der Waals surface area contributed by atoms with Crippen LogP contribution in [0.5, 0.6) is 5.75 Å². The highest BCUT2D eigenvalue weighted by atomic mass is 19.1. The molecule has 164 valence electrons. The van der Waals surface area contributed by atoms with E-state index in [-0.39, 0.29) is 23.5 Å². The number of hydrogen-bond donors (Lipinski definition) is 1. The molecule has 2 atom stereocenters. The van der Waals surface area contributed by atoms with Gasteiger partial charge in [0.25, 0.3) is 5.91 Å². The number of benzene rings is 3. The molecule has 1 aliphatic heterocycles. The summed E-state index contributed by atoms with van der Waals surface area (Å²) in [5, 5.41) is 2.96. The van der Waals surface area contributed by atoms with Crippen LogP contribution in [0.3, 0.4) is 0 Å². The van der Waals surface area contributed by atoms with Gasteiger partial charge in [-0.1, -0.05) is 42.5 Å². The summed E-state index contributed by atoms with van der Waals surface area (Å²) in [6.07, 6.45) is 0. The summed E-state index contributed by atoms with van der Waals surface area (Å²) in [7, 11) is 1.61. The van der Waals surface area contributed by atoms with Crippen LogP contribution in [0.25, 0.3) is 0 Å². The number of nitrogens with zero attached hydrogens (tertiary/aromatic N) is 1. The van der Waals surface area contributed by atoms with Gasteiger partial charge in [-0.05, 0) is 47.5 Å². The van der Waals surface area contributed by atoms with E-state index < -0.39 is 5.92 Å². The molecule has 0 radical (unpaired) electrons. The van der Waals surface area contributed by atoms with Crippen molar-refractivity contribution in [2.75, 3.05) is 20.2 Å². The minimum atomic E-state index is -0.392. The molecule has 0 spiro atoms. The standard InChI is InChI=1S/C26H25FN2O3/c1-32-22-13-9-19(10-14-22)23-16-29(26(31)20-5-3-2-4-6-20)17-24(23)25(30)28-15-18-7-11-21(27)12-8-18/h2-14,23-24H,15-17H2,1H3,(H,28,30)/t23-,24-/m0/s1. The van der Waals surface area contributed by atoms with Gasteiger partial charge in [-0.25, -0.2) is 4.39 Å². The summed E-state index contributed by atoms with van der Waals surface area (Å²) in [4.78, 5) is 27.9. The lowest BCUT2D eigenvalue weighted by molar-refractivity contribution is -0.125. The third-order valence-electron chi connectivity index (χ3n) is 5.89. The van der Waals surface area contributed by atoms with Gasteiger partial charge in [0.2, 0.25) is 5.91 Å². The van der Waals surface area contributed by atoms with Gasteiger partial charge in [-0.3, -0.25) is 9.59 Å². The molecule has 2 amide bonds. The molecule has 0 saturated carbocycles. The van der Waals surface area contributed by atoms with Gasteiger partial charge in [-0.15, -0.1) is 0 Å². The third-order valence-corrected chi connectivity index (χ3v) is 5.89. The Bertz CT molecular complexity index is 1070. The molecule has 1 N–H and O–H groups in total. The van der Waals surface area contributed by atoms with Gasteiger partial charge in [0.05, 0.1) is 13.0 Å². The Morgan fingerprint density at radius 3 is 2.31 bits per heavy atom. The van der Waals surface area contributed by atoms with E-state index >= 15 is 0 Å². The zero-order valence-corrected chi connectivity index (χ0v) is 17.8. The number of halogens is 1. The largest absolute Gasteiger partial charge is 0.497 e. The lowest BCUT2D eigenvalue weighted by atomic mass is 9.88. The average molecular weight is 432 g/mol. The highest BCUT2D eigenvalue weighted by Crippen LogP contribution is 2.34. The van der Waals surface area contributed by atoms with E-state index in [0.717, 1.165) is 16.9 Å². The average Bonchev–Trinajstić information content (AvgIpc) is 3.29. The molecular weight excluding hydrogens is 407 g/mol. The van der Waals surface area contributed by atoms with E-state index in [1.54, 1.807) is 36.3 Å². The number of nitrogens with one attached hydrogen (secondary N) is 1. The second-order valence-electron chi connectivity index (χ2n) is 7.91.